The second kappa shape index (κ2) is 10.6. The number of hydrogen-bond donors (Lipinski definition) is 1. The summed E-state index contributed by atoms with van der Waals surface area (Å²) in [4.78, 5) is 25.1. The van der Waals surface area contributed by atoms with Crippen LogP contribution in [0.4, 0.5) is 5.00 Å². The summed E-state index contributed by atoms with van der Waals surface area (Å²) < 4.78 is 16.2. The standard InChI is InChI=1S/C24H25NO5S/c1-4-28-18-12-8-17(9-13-18)20-15-31-23(22(20)24(27)29-5-2)25-21(26)14-30-19-10-6-16(3)7-11-19/h6-13,15H,4-5,14H2,1-3H3,(H,25,26). The number of benzene rings is 2. The first-order valence-electron chi connectivity index (χ1n) is 10.0. The van der Waals surface area contributed by atoms with Gasteiger partial charge in [-0.3, -0.25) is 4.79 Å². The number of carbonyl (C=O) groups is 2. The van der Waals surface area contributed by atoms with Crippen LogP contribution in [0.15, 0.2) is 53.9 Å². The molecule has 1 heterocycles. The number of carbonyl (C=O) groups excluding carboxylic acids is 2. The van der Waals surface area contributed by atoms with Gasteiger partial charge in [-0.05, 0) is 50.6 Å². The highest BCUT2D eigenvalue weighted by Gasteiger charge is 2.23. The highest BCUT2D eigenvalue weighted by atomic mass is 32.1. The van der Waals surface area contributed by atoms with Crippen LogP contribution >= 0.6 is 11.3 Å². The zero-order valence-corrected chi connectivity index (χ0v) is 18.6. The van der Waals surface area contributed by atoms with Crippen LogP contribution in [0.2, 0.25) is 0 Å². The van der Waals surface area contributed by atoms with Gasteiger partial charge in [-0.1, -0.05) is 29.8 Å². The van der Waals surface area contributed by atoms with Gasteiger partial charge in [0.25, 0.3) is 5.91 Å². The summed E-state index contributed by atoms with van der Waals surface area (Å²) in [6.07, 6.45) is 0. The SMILES string of the molecule is CCOC(=O)c1c(-c2ccc(OCC)cc2)csc1NC(=O)COc1ccc(C)cc1. The van der Waals surface area contributed by atoms with Crippen molar-refractivity contribution >= 4 is 28.2 Å². The molecule has 7 heteroatoms. The lowest BCUT2D eigenvalue weighted by Gasteiger charge is -2.10. The lowest BCUT2D eigenvalue weighted by molar-refractivity contribution is -0.118. The molecule has 6 nitrogen and oxygen atoms in total. The second-order valence-electron chi connectivity index (χ2n) is 6.68. The molecule has 162 valence electrons. The normalized spacial score (nSPS) is 10.4. The first-order valence-corrected chi connectivity index (χ1v) is 10.9. The summed E-state index contributed by atoms with van der Waals surface area (Å²) >= 11 is 1.27. The smallest absolute Gasteiger partial charge is 0.341 e. The number of hydrogen-bond acceptors (Lipinski definition) is 6. The van der Waals surface area contributed by atoms with Crippen molar-refractivity contribution in [3.8, 4) is 22.6 Å². The average Bonchev–Trinajstić information content (AvgIpc) is 3.18. The zero-order valence-electron chi connectivity index (χ0n) is 17.8. The van der Waals surface area contributed by atoms with E-state index in [2.05, 4.69) is 5.32 Å². The Balaban J connectivity index is 1.78. The molecule has 1 aromatic heterocycles. The van der Waals surface area contributed by atoms with Crippen LogP contribution in [0, 0.1) is 6.92 Å². The van der Waals surface area contributed by atoms with Crippen LogP contribution in [0.3, 0.4) is 0 Å². The number of thiophene rings is 1. The Labute approximate surface area is 185 Å². The molecule has 2 aromatic carbocycles. The van der Waals surface area contributed by atoms with Crippen molar-refractivity contribution in [2.24, 2.45) is 0 Å². The fraction of sp³-hybridized carbons (Fsp3) is 0.250. The predicted molar refractivity (Wildman–Crippen MR) is 122 cm³/mol. The average molecular weight is 440 g/mol. The molecular weight excluding hydrogens is 414 g/mol. The van der Waals surface area contributed by atoms with Crippen molar-refractivity contribution in [3.05, 3.63) is 65.0 Å². The molecule has 0 aliphatic heterocycles. The summed E-state index contributed by atoms with van der Waals surface area (Å²) in [5, 5.41) is 5.04. The van der Waals surface area contributed by atoms with Gasteiger partial charge in [0, 0.05) is 10.9 Å². The van der Waals surface area contributed by atoms with Crippen LogP contribution in [0.1, 0.15) is 29.8 Å². The molecular formula is C24H25NO5S. The fourth-order valence-electron chi connectivity index (χ4n) is 2.91. The maximum atomic E-state index is 12.7. The Bertz CT molecular complexity index is 1030. The molecule has 0 bridgehead atoms. The quantitative estimate of drug-likeness (QED) is 0.457. The summed E-state index contributed by atoms with van der Waals surface area (Å²) in [7, 11) is 0. The van der Waals surface area contributed by atoms with Crippen molar-refractivity contribution in [2.45, 2.75) is 20.8 Å². The topological polar surface area (TPSA) is 73.9 Å². The highest BCUT2D eigenvalue weighted by Crippen LogP contribution is 2.37. The number of nitrogens with one attached hydrogen (secondary N) is 1. The minimum atomic E-state index is -0.484. The van der Waals surface area contributed by atoms with Gasteiger partial charge in [-0.25, -0.2) is 4.79 Å². The van der Waals surface area contributed by atoms with Gasteiger partial charge in [-0.15, -0.1) is 11.3 Å². The largest absolute Gasteiger partial charge is 0.494 e. The summed E-state index contributed by atoms with van der Waals surface area (Å²) in [5.41, 5.74) is 2.97. The number of aryl methyl sites for hydroxylation is 1. The lowest BCUT2D eigenvalue weighted by atomic mass is 10.0. The lowest BCUT2D eigenvalue weighted by Crippen LogP contribution is -2.21. The van der Waals surface area contributed by atoms with Crippen LogP contribution in [0.25, 0.3) is 11.1 Å². The van der Waals surface area contributed by atoms with Gasteiger partial charge in [0.05, 0.1) is 13.2 Å². The minimum absolute atomic E-state index is 0.165. The van der Waals surface area contributed by atoms with Crippen molar-refractivity contribution < 1.29 is 23.8 Å². The van der Waals surface area contributed by atoms with Gasteiger partial charge in [-0.2, -0.15) is 0 Å². The van der Waals surface area contributed by atoms with E-state index < -0.39 is 5.97 Å². The highest BCUT2D eigenvalue weighted by molar-refractivity contribution is 7.15. The number of rotatable bonds is 9. The monoisotopic (exact) mass is 439 g/mol. The van der Waals surface area contributed by atoms with Crippen molar-refractivity contribution in [1.82, 2.24) is 0 Å². The van der Waals surface area contributed by atoms with E-state index in [1.54, 1.807) is 6.92 Å². The maximum absolute atomic E-state index is 12.7. The number of ether oxygens (including phenoxy) is 3. The van der Waals surface area contributed by atoms with Gasteiger partial charge in [0.1, 0.15) is 22.1 Å². The molecule has 0 spiro atoms. The molecule has 0 saturated heterocycles. The van der Waals surface area contributed by atoms with E-state index >= 15 is 0 Å². The van der Waals surface area contributed by atoms with E-state index in [0.717, 1.165) is 16.9 Å². The van der Waals surface area contributed by atoms with E-state index in [0.29, 0.717) is 28.5 Å². The molecule has 0 atom stereocenters. The summed E-state index contributed by atoms with van der Waals surface area (Å²) in [6.45, 7) is 6.29. The molecule has 3 aromatic rings. The van der Waals surface area contributed by atoms with Crippen LogP contribution in [0.5, 0.6) is 11.5 Å². The Morgan fingerprint density at radius 2 is 1.55 bits per heavy atom. The summed E-state index contributed by atoms with van der Waals surface area (Å²) in [5.74, 6) is 0.516. The number of amides is 1. The first kappa shape index (κ1) is 22.4. The molecule has 0 fully saturated rings. The zero-order chi connectivity index (χ0) is 22.2. The van der Waals surface area contributed by atoms with Crippen molar-refractivity contribution in [3.63, 3.8) is 0 Å². The van der Waals surface area contributed by atoms with Gasteiger partial charge >= 0.3 is 5.97 Å². The Kier molecular flexibility index (Phi) is 7.67. The molecule has 0 aliphatic carbocycles. The second-order valence-corrected chi connectivity index (χ2v) is 7.56. The molecule has 0 saturated carbocycles. The summed E-state index contributed by atoms with van der Waals surface area (Å²) in [6, 6.07) is 14.9. The molecule has 1 amide bonds. The number of esters is 1. The predicted octanol–water partition coefficient (Wildman–Crippen LogP) is 5.32. The molecule has 31 heavy (non-hydrogen) atoms. The first-order chi connectivity index (χ1) is 15.0. The van der Waals surface area contributed by atoms with Crippen LogP contribution in [-0.2, 0) is 9.53 Å². The molecule has 3 rings (SSSR count). The molecule has 0 radical (unpaired) electrons. The van der Waals surface area contributed by atoms with Gasteiger partial charge in [0.2, 0.25) is 0 Å². The van der Waals surface area contributed by atoms with E-state index in [-0.39, 0.29) is 19.1 Å². The van der Waals surface area contributed by atoms with E-state index in [1.165, 1.54) is 11.3 Å². The third kappa shape index (κ3) is 5.86. The Hall–Kier alpha value is -3.32. The van der Waals surface area contributed by atoms with Gasteiger partial charge in [0.15, 0.2) is 6.61 Å². The molecule has 0 aliphatic rings. The maximum Gasteiger partial charge on any atom is 0.341 e. The van der Waals surface area contributed by atoms with Crippen molar-refractivity contribution in [2.75, 3.05) is 25.1 Å². The molecule has 0 unspecified atom stereocenters. The Morgan fingerprint density at radius 1 is 0.903 bits per heavy atom. The van der Waals surface area contributed by atoms with E-state index in [4.69, 9.17) is 14.2 Å². The third-order valence-electron chi connectivity index (χ3n) is 4.39. The van der Waals surface area contributed by atoms with Crippen LogP contribution < -0.4 is 14.8 Å². The van der Waals surface area contributed by atoms with Gasteiger partial charge < -0.3 is 19.5 Å². The third-order valence-corrected chi connectivity index (χ3v) is 5.29. The minimum Gasteiger partial charge on any atom is -0.494 e. The molecule has 1 N–H and O–H groups in total. The fourth-order valence-corrected chi connectivity index (χ4v) is 3.89. The Morgan fingerprint density at radius 3 is 2.19 bits per heavy atom. The van der Waals surface area contributed by atoms with Crippen LogP contribution in [-0.4, -0.2) is 31.7 Å². The number of anilines is 1. The van der Waals surface area contributed by atoms with E-state index in [1.807, 2.05) is 67.8 Å². The van der Waals surface area contributed by atoms with Crippen molar-refractivity contribution in [1.29, 1.82) is 0 Å². The van der Waals surface area contributed by atoms with E-state index in [9.17, 15) is 9.59 Å².